The molecule has 1 amide bonds. The number of pyridine rings is 1. The number of amides is 1. The molecular formula is C24H21F3N4O2. The molecule has 0 atom stereocenters. The maximum atomic E-state index is 13.2. The Kier molecular flexibility index (Phi) is 6.04. The number of alkyl halides is 3. The van der Waals surface area contributed by atoms with Crippen LogP contribution in [0.5, 0.6) is 5.75 Å². The number of H-pyrrole nitrogens is 1. The molecule has 2 aromatic heterocycles. The van der Waals surface area contributed by atoms with Gasteiger partial charge in [-0.1, -0.05) is 12.1 Å². The number of hydrogen-bond acceptors (Lipinski definition) is 4. The van der Waals surface area contributed by atoms with Crippen LogP contribution in [0.2, 0.25) is 0 Å². The number of fused-ring (bicyclic) bond motifs is 1. The lowest BCUT2D eigenvalue weighted by molar-refractivity contribution is -0.137. The molecule has 0 bridgehead atoms. The van der Waals surface area contributed by atoms with Gasteiger partial charge in [0.05, 0.1) is 23.9 Å². The fourth-order valence-corrected chi connectivity index (χ4v) is 3.62. The second kappa shape index (κ2) is 8.93. The van der Waals surface area contributed by atoms with Crippen molar-refractivity contribution in [3.63, 3.8) is 0 Å². The molecule has 0 unspecified atom stereocenters. The summed E-state index contributed by atoms with van der Waals surface area (Å²) in [6.45, 7) is 2.37. The summed E-state index contributed by atoms with van der Waals surface area (Å²) in [6, 6.07) is 9.79. The van der Waals surface area contributed by atoms with E-state index in [0.717, 1.165) is 28.6 Å². The first-order valence-electron chi connectivity index (χ1n) is 10.2. The summed E-state index contributed by atoms with van der Waals surface area (Å²) in [5.41, 5.74) is 2.07. The Hall–Kier alpha value is -3.88. The summed E-state index contributed by atoms with van der Waals surface area (Å²) < 4.78 is 45.1. The van der Waals surface area contributed by atoms with Gasteiger partial charge in [-0.3, -0.25) is 14.9 Å². The topological polar surface area (TPSA) is 71.1 Å². The summed E-state index contributed by atoms with van der Waals surface area (Å²) in [5.74, 6) is 0.0801. The molecule has 0 saturated heterocycles. The van der Waals surface area contributed by atoms with Crippen molar-refractivity contribution >= 4 is 16.8 Å². The highest BCUT2D eigenvalue weighted by molar-refractivity contribution is 5.95. The smallest absolute Gasteiger partial charge is 0.416 e. The Labute approximate surface area is 188 Å². The van der Waals surface area contributed by atoms with Crippen LogP contribution < -0.4 is 4.74 Å². The van der Waals surface area contributed by atoms with Gasteiger partial charge in [0.2, 0.25) is 0 Å². The SMILES string of the molecule is CCOc1cc(C(=O)N(C)Cc2cncc3cn[nH]c23)ccc1-c1cccc(C(F)(F)F)c1. The molecule has 2 aromatic carbocycles. The highest BCUT2D eigenvalue weighted by Gasteiger charge is 2.30. The fourth-order valence-electron chi connectivity index (χ4n) is 3.62. The number of ether oxygens (including phenoxy) is 1. The molecule has 170 valence electrons. The number of halogens is 3. The number of rotatable bonds is 6. The number of aromatic amines is 1. The van der Waals surface area contributed by atoms with Crippen molar-refractivity contribution in [2.45, 2.75) is 19.6 Å². The number of carbonyl (C=O) groups excluding carboxylic acids is 1. The highest BCUT2D eigenvalue weighted by Crippen LogP contribution is 2.36. The van der Waals surface area contributed by atoms with E-state index in [1.54, 1.807) is 56.8 Å². The monoisotopic (exact) mass is 454 g/mol. The molecule has 1 N–H and O–H groups in total. The van der Waals surface area contributed by atoms with Crippen LogP contribution in [0.4, 0.5) is 13.2 Å². The lowest BCUT2D eigenvalue weighted by Gasteiger charge is -2.19. The van der Waals surface area contributed by atoms with Crippen LogP contribution in [0.25, 0.3) is 22.0 Å². The van der Waals surface area contributed by atoms with Crippen molar-refractivity contribution in [3.8, 4) is 16.9 Å². The van der Waals surface area contributed by atoms with Gasteiger partial charge in [-0.15, -0.1) is 0 Å². The van der Waals surface area contributed by atoms with Gasteiger partial charge in [0.15, 0.2) is 0 Å². The molecule has 2 heterocycles. The minimum Gasteiger partial charge on any atom is -0.493 e. The zero-order chi connectivity index (χ0) is 23.6. The van der Waals surface area contributed by atoms with Crippen LogP contribution in [0.1, 0.15) is 28.4 Å². The summed E-state index contributed by atoms with van der Waals surface area (Å²) in [6.07, 6.45) is 0.568. The van der Waals surface area contributed by atoms with Crippen LogP contribution >= 0.6 is 0 Å². The molecule has 0 aliphatic carbocycles. The molecule has 0 spiro atoms. The van der Waals surface area contributed by atoms with Crippen molar-refractivity contribution in [1.29, 1.82) is 0 Å². The highest BCUT2D eigenvalue weighted by atomic mass is 19.4. The number of nitrogens with one attached hydrogen (secondary N) is 1. The van der Waals surface area contributed by atoms with E-state index in [2.05, 4.69) is 15.2 Å². The third kappa shape index (κ3) is 4.67. The van der Waals surface area contributed by atoms with Crippen molar-refractivity contribution in [1.82, 2.24) is 20.1 Å². The Morgan fingerprint density at radius 3 is 2.70 bits per heavy atom. The Morgan fingerprint density at radius 1 is 1.12 bits per heavy atom. The summed E-state index contributed by atoms with van der Waals surface area (Å²) >= 11 is 0. The lowest BCUT2D eigenvalue weighted by atomic mass is 10.00. The number of aromatic nitrogens is 3. The van der Waals surface area contributed by atoms with E-state index in [4.69, 9.17) is 4.74 Å². The molecule has 0 fully saturated rings. The van der Waals surface area contributed by atoms with E-state index >= 15 is 0 Å². The van der Waals surface area contributed by atoms with Gasteiger partial charge in [0, 0.05) is 48.1 Å². The van der Waals surface area contributed by atoms with Gasteiger partial charge >= 0.3 is 6.18 Å². The second-order valence-electron chi connectivity index (χ2n) is 7.52. The Morgan fingerprint density at radius 2 is 1.94 bits per heavy atom. The fraction of sp³-hybridized carbons (Fsp3) is 0.208. The molecular weight excluding hydrogens is 433 g/mol. The third-order valence-corrected chi connectivity index (χ3v) is 5.22. The Bertz CT molecular complexity index is 1300. The quantitative estimate of drug-likeness (QED) is 0.428. The van der Waals surface area contributed by atoms with Gasteiger partial charge in [-0.05, 0) is 42.8 Å². The minimum absolute atomic E-state index is 0.261. The van der Waals surface area contributed by atoms with E-state index < -0.39 is 11.7 Å². The van der Waals surface area contributed by atoms with E-state index in [1.807, 2.05) is 0 Å². The van der Waals surface area contributed by atoms with E-state index in [0.29, 0.717) is 35.6 Å². The first kappa shape index (κ1) is 22.3. The van der Waals surface area contributed by atoms with E-state index in [9.17, 15) is 18.0 Å². The van der Waals surface area contributed by atoms with E-state index in [-0.39, 0.29) is 5.91 Å². The molecule has 0 aliphatic heterocycles. The normalized spacial score (nSPS) is 11.5. The molecule has 0 saturated carbocycles. The molecule has 33 heavy (non-hydrogen) atoms. The van der Waals surface area contributed by atoms with Crippen LogP contribution in [0.15, 0.2) is 61.1 Å². The van der Waals surface area contributed by atoms with Crippen molar-refractivity contribution in [2.75, 3.05) is 13.7 Å². The summed E-state index contributed by atoms with van der Waals surface area (Å²) in [5, 5.41) is 7.76. The maximum Gasteiger partial charge on any atom is 0.416 e. The van der Waals surface area contributed by atoms with Crippen molar-refractivity contribution in [3.05, 3.63) is 77.7 Å². The van der Waals surface area contributed by atoms with Gasteiger partial charge in [0.25, 0.3) is 5.91 Å². The predicted octanol–water partition coefficient (Wildman–Crippen LogP) is 5.31. The van der Waals surface area contributed by atoms with Gasteiger partial charge in [-0.2, -0.15) is 18.3 Å². The summed E-state index contributed by atoms with van der Waals surface area (Å²) in [4.78, 5) is 18.8. The summed E-state index contributed by atoms with van der Waals surface area (Å²) in [7, 11) is 1.67. The third-order valence-electron chi connectivity index (χ3n) is 5.22. The van der Waals surface area contributed by atoms with Crippen LogP contribution in [-0.4, -0.2) is 39.6 Å². The molecule has 4 aromatic rings. The number of nitrogens with zero attached hydrogens (tertiary/aromatic N) is 3. The van der Waals surface area contributed by atoms with Crippen molar-refractivity contribution < 1.29 is 22.7 Å². The Balaban J connectivity index is 1.63. The molecule has 6 nitrogen and oxygen atoms in total. The zero-order valence-corrected chi connectivity index (χ0v) is 18.0. The van der Waals surface area contributed by atoms with Gasteiger partial charge in [-0.25, -0.2) is 0 Å². The first-order valence-corrected chi connectivity index (χ1v) is 10.2. The van der Waals surface area contributed by atoms with Crippen LogP contribution in [-0.2, 0) is 12.7 Å². The number of carbonyl (C=O) groups is 1. The first-order chi connectivity index (χ1) is 15.8. The molecule has 9 heteroatoms. The van der Waals surface area contributed by atoms with E-state index in [1.165, 1.54) is 11.0 Å². The zero-order valence-electron chi connectivity index (χ0n) is 18.0. The number of benzene rings is 2. The molecule has 0 radical (unpaired) electrons. The average molecular weight is 454 g/mol. The lowest BCUT2D eigenvalue weighted by Crippen LogP contribution is -2.26. The minimum atomic E-state index is -4.45. The maximum absolute atomic E-state index is 13.2. The van der Waals surface area contributed by atoms with Gasteiger partial charge < -0.3 is 9.64 Å². The van der Waals surface area contributed by atoms with Crippen LogP contribution in [0.3, 0.4) is 0 Å². The predicted molar refractivity (Wildman–Crippen MR) is 118 cm³/mol. The standard InChI is InChI=1S/C24H21F3N4O2/c1-3-33-21-10-16(7-8-20(21)15-5-4-6-19(9-15)24(25,26)27)23(32)31(2)14-18-12-28-11-17-13-29-30-22(17)18/h4-13H,3,14H2,1-2H3,(H,29,30). The van der Waals surface area contributed by atoms with Crippen LogP contribution in [0, 0.1) is 0 Å². The van der Waals surface area contributed by atoms with Crippen molar-refractivity contribution in [2.24, 2.45) is 0 Å². The number of hydrogen-bond donors (Lipinski definition) is 1. The van der Waals surface area contributed by atoms with Gasteiger partial charge in [0.1, 0.15) is 5.75 Å². The second-order valence-corrected chi connectivity index (χ2v) is 7.52. The average Bonchev–Trinajstić information content (AvgIpc) is 3.28. The largest absolute Gasteiger partial charge is 0.493 e. The molecule has 4 rings (SSSR count). The molecule has 0 aliphatic rings.